The van der Waals surface area contributed by atoms with E-state index in [-0.39, 0.29) is 0 Å². The molecule has 0 aromatic rings. The van der Waals surface area contributed by atoms with Gasteiger partial charge in [-0.3, -0.25) is 0 Å². The van der Waals surface area contributed by atoms with E-state index in [2.05, 4.69) is 0 Å². The van der Waals surface area contributed by atoms with Gasteiger partial charge in [0, 0.05) is 6.42 Å². The van der Waals surface area contributed by atoms with Crippen molar-refractivity contribution in [3.63, 3.8) is 0 Å². The van der Waals surface area contributed by atoms with Crippen molar-refractivity contribution in [1.29, 1.82) is 0 Å². The molecule has 0 unspecified atom stereocenters. The molecule has 0 N–H and O–H groups in total. The molecule has 14 heavy (non-hydrogen) atoms. The summed E-state index contributed by atoms with van der Waals surface area (Å²) in [5.74, 6) is -1.66. The summed E-state index contributed by atoms with van der Waals surface area (Å²) < 4.78 is 72.5. The van der Waals surface area contributed by atoms with Crippen LogP contribution in [0.3, 0.4) is 0 Å². The Hall–Kier alpha value is -0.940. The first-order valence-electron chi connectivity index (χ1n) is 3.46. The average molecular weight is 214 g/mol. The van der Waals surface area contributed by atoms with Crippen LogP contribution >= 0.6 is 0 Å². The van der Waals surface area contributed by atoms with Crippen LogP contribution in [0.1, 0.15) is 0 Å². The normalized spacial score (nSPS) is 19.7. The molecule has 0 saturated carbocycles. The zero-order valence-electron chi connectivity index (χ0n) is 6.58. The second-order valence-electron chi connectivity index (χ2n) is 2.54. The van der Waals surface area contributed by atoms with Crippen LogP contribution in [-0.2, 0) is 0 Å². The van der Waals surface area contributed by atoms with Gasteiger partial charge in [-0.15, -0.1) is 0 Å². The molecule has 1 aliphatic carbocycles. The van der Waals surface area contributed by atoms with Crippen LogP contribution in [-0.4, -0.2) is 12.4 Å². The van der Waals surface area contributed by atoms with E-state index in [0.717, 1.165) is 12.5 Å². The topological polar surface area (TPSA) is 0 Å². The SMILES string of the molecule is FC(F)(F)[C]1C=C[CH]C=C1C(F)(F)F. The van der Waals surface area contributed by atoms with Crippen LogP contribution < -0.4 is 0 Å². The molecule has 0 aromatic carbocycles. The number of alkyl halides is 6. The van der Waals surface area contributed by atoms with E-state index in [1.165, 1.54) is 0 Å². The lowest BCUT2D eigenvalue weighted by molar-refractivity contribution is -0.130. The summed E-state index contributed by atoms with van der Waals surface area (Å²) in [6.07, 6.45) is -7.32. The standard InChI is InChI=1S/C8H4F6/c9-7(10,11)5-3-1-2-4-6(5)8(12,13)14/h1-4H. The van der Waals surface area contributed by atoms with E-state index in [0.29, 0.717) is 12.2 Å². The maximum atomic E-state index is 12.1. The van der Waals surface area contributed by atoms with Gasteiger partial charge in [-0.05, 0) is 0 Å². The highest BCUT2D eigenvalue weighted by Crippen LogP contribution is 2.44. The second kappa shape index (κ2) is 3.33. The first-order chi connectivity index (χ1) is 6.23. The number of allylic oxidation sites excluding steroid dienone is 4. The van der Waals surface area contributed by atoms with Gasteiger partial charge in [0.1, 0.15) is 5.92 Å². The Morgan fingerprint density at radius 3 is 1.79 bits per heavy atom. The lowest BCUT2D eigenvalue weighted by atomic mass is 9.92. The Morgan fingerprint density at radius 2 is 1.43 bits per heavy atom. The van der Waals surface area contributed by atoms with Crippen LogP contribution in [0.25, 0.3) is 0 Å². The molecule has 0 fully saturated rings. The number of rotatable bonds is 0. The molecule has 1 aliphatic rings. The van der Waals surface area contributed by atoms with E-state index in [4.69, 9.17) is 0 Å². The van der Waals surface area contributed by atoms with E-state index in [9.17, 15) is 26.3 Å². The molecule has 78 valence electrons. The van der Waals surface area contributed by atoms with Gasteiger partial charge in [0.25, 0.3) is 0 Å². The van der Waals surface area contributed by atoms with Gasteiger partial charge in [0.2, 0.25) is 0 Å². The van der Waals surface area contributed by atoms with E-state index < -0.39 is 23.8 Å². The molecule has 2 radical (unpaired) electrons. The molecular weight excluding hydrogens is 210 g/mol. The molecular formula is C8H4F6. The Labute approximate surface area is 75.9 Å². The van der Waals surface area contributed by atoms with E-state index in [1.807, 2.05) is 0 Å². The molecule has 0 nitrogen and oxygen atoms in total. The van der Waals surface area contributed by atoms with Crippen LogP contribution in [0.2, 0.25) is 0 Å². The fraction of sp³-hybridized carbons (Fsp3) is 0.250. The van der Waals surface area contributed by atoms with Gasteiger partial charge >= 0.3 is 12.4 Å². The monoisotopic (exact) mass is 214 g/mol. The predicted octanol–water partition coefficient (Wildman–Crippen LogP) is 3.39. The summed E-state index contributed by atoms with van der Waals surface area (Å²) in [5.41, 5.74) is -1.66. The Balaban J connectivity index is 2.99. The Bertz CT molecular complexity index is 267. The summed E-state index contributed by atoms with van der Waals surface area (Å²) in [4.78, 5) is 0. The third-order valence-electron chi connectivity index (χ3n) is 1.54. The van der Waals surface area contributed by atoms with Crippen LogP contribution in [0.4, 0.5) is 26.3 Å². The minimum absolute atomic E-state index is 0.406. The summed E-state index contributed by atoms with van der Waals surface area (Å²) in [7, 11) is 0. The molecule has 1 rings (SSSR count). The summed E-state index contributed by atoms with van der Waals surface area (Å²) >= 11 is 0. The minimum atomic E-state index is -4.98. The first kappa shape index (κ1) is 11.1. The molecule has 0 aromatic heterocycles. The fourth-order valence-corrected chi connectivity index (χ4v) is 0.978. The third kappa shape index (κ3) is 2.30. The summed E-state index contributed by atoms with van der Waals surface area (Å²) in [6.45, 7) is 0. The fourth-order valence-electron chi connectivity index (χ4n) is 0.978. The van der Waals surface area contributed by atoms with Crippen molar-refractivity contribution in [3.8, 4) is 0 Å². The summed E-state index contributed by atoms with van der Waals surface area (Å²) in [5, 5.41) is 0. The molecule has 0 amide bonds. The van der Waals surface area contributed by atoms with Crippen molar-refractivity contribution >= 4 is 0 Å². The van der Waals surface area contributed by atoms with E-state index >= 15 is 0 Å². The predicted molar refractivity (Wildman–Crippen MR) is 36.9 cm³/mol. The zero-order valence-corrected chi connectivity index (χ0v) is 6.58. The molecule has 0 aliphatic heterocycles. The second-order valence-corrected chi connectivity index (χ2v) is 2.54. The van der Waals surface area contributed by atoms with Gasteiger partial charge in [0.05, 0.1) is 5.57 Å². The maximum absolute atomic E-state index is 12.1. The molecule has 0 spiro atoms. The third-order valence-corrected chi connectivity index (χ3v) is 1.54. The highest BCUT2D eigenvalue weighted by Gasteiger charge is 2.50. The Morgan fingerprint density at radius 1 is 0.857 bits per heavy atom. The Kier molecular flexibility index (Phi) is 2.65. The largest absolute Gasteiger partial charge is 0.413 e. The lowest BCUT2D eigenvalue weighted by Crippen LogP contribution is -2.29. The van der Waals surface area contributed by atoms with Crippen LogP contribution in [0.5, 0.6) is 0 Å². The lowest BCUT2D eigenvalue weighted by Gasteiger charge is -2.23. The smallest absolute Gasteiger partial charge is 0.170 e. The van der Waals surface area contributed by atoms with Gasteiger partial charge in [-0.2, -0.15) is 26.3 Å². The van der Waals surface area contributed by atoms with Crippen LogP contribution in [0.15, 0.2) is 23.8 Å². The van der Waals surface area contributed by atoms with E-state index in [1.54, 1.807) is 0 Å². The quantitative estimate of drug-likeness (QED) is 0.542. The minimum Gasteiger partial charge on any atom is -0.170 e. The number of halogens is 6. The number of hydrogen-bond acceptors (Lipinski definition) is 0. The van der Waals surface area contributed by atoms with Gasteiger partial charge in [-0.25, -0.2) is 0 Å². The van der Waals surface area contributed by atoms with Crippen molar-refractivity contribution < 1.29 is 26.3 Å². The van der Waals surface area contributed by atoms with Crippen molar-refractivity contribution in [1.82, 2.24) is 0 Å². The average Bonchev–Trinajstić information content (AvgIpc) is 2.01. The molecule has 6 heteroatoms. The first-order valence-corrected chi connectivity index (χ1v) is 3.46. The highest BCUT2D eigenvalue weighted by atomic mass is 19.4. The molecule has 0 atom stereocenters. The molecule has 0 bridgehead atoms. The molecule has 0 saturated heterocycles. The number of hydrogen-bond donors (Lipinski definition) is 0. The van der Waals surface area contributed by atoms with Crippen LogP contribution in [0, 0.1) is 12.3 Å². The van der Waals surface area contributed by atoms with Crippen molar-refractivity contribution in [2.75, 3.05) is 0 Å². The summed E-state index contributed by atoms with van der Waals surface area (Å²) in [6, 6.07) is 0. The highest BCUT2D eigenvalue weighted by molar-refractivity contribution is 5.46. The van der Waals surface area contributed by atoms with Crippen molar-refractivity contribution in [2.24, 2.45) is 0 Å². The van der Waals surface area contributed by atoms with Gasteiger partial charge in [0.15, 0.2) is 0 Å². The molecule has 0 heterocycles. The zero-order chi connectivity index (χ0) is 11.0. The van der Waals surface area contributed by atoms with Gasteiger partial charge < -0.3 is 0 Å². The van der Waals surface area contributed by atoms with Gasteiger partial charge in [-0.1, -0.05) is 18.2 Å². The van der Waals surface area contributed by atoms with Crippen molar-refractivity contribution in [3.05, 3.63) is 36.1 Å². The maximum Gasteiger partial charge on any atom is 0.413 e. The van der Waals surface area contributed by atoms with Crippen molar-refractivity contribution in [2.45, 2.75) is 12.4 Å².